The van der Waals surface area contributed by atoms with E-state index in [1.807, 2.05) is 61.5 Å². The summed E-state index contributed by atoms with van der Waals surface area (Å²) in [4.78, 5) is 0. The summed E-state index contributed by atoms with van der Waals surface area (Å²) in [5.41, 5.74) is 1.57. The van der Waals surface area contributed by atoms with Crippen molar-refractivity contribution >= 4 is 0 Å². The van der Waals surface area contributed by atoms with E-state index in [-0.39, 0.29) is 5.41 Å². The summed E-state index contributed by atoms with van der Waals surface area (Å²) in [5.74, 6) is 0.756. The van der Waals surface area contributed by atoms with E-state index in [9.17, 15) is 5.11 Å². The van der Waals surface area contributed by atoms with Crippen molar-refractivity contribution in [1.82, 2.24) is 0 Å². The smallest absolute Gasteiger partial charge is 0.125 e. The molecule has 0 aliphatic heterocycles. The van der Waals surface area contributed by atoms with Gasteiger partial charge in [0.1, 0.15) is 5.75 Å². The quantitative estimate of drug-likeness (QED) is 0.886. The lowest BCUT2D eigenvalue weighted by Gasteiger charge is -2.32. The SMILES string of the molecule is CCOc1ccccc1C(O)C(C)(C)c1ccccc1. The zero-order valence-electron chi connectivity index (χ0n) is 12.3. The summed E-state index contributed by atoms with van der Waals surface area (Å²) in [6.45, 7) is 6.65. The number of ether oxygens (including phenoxy) is 1. The molecule has 0 saturated carbocycles. The number of para-hydroxylation sites is 1. The van der Waals surface area contributed by atoms with Crippen LogP contribution in [-0.4, -0.2) is 11.7 Å². The van der Waals surface area contributed by atoms with E-state index in [2.05, 4.69) is 13.8 Å². The van der Waals surface area contributed by atoms with E-state index in [0.29, 0.717) is 6.61 Å². The van der Waals surface area contributed by atoms with E-state index in [4.69, 9.17) is 4.74 Å². The fourth-order valence-corrected chi connectivity index (χ4v) is 2.41. The predicted octanol–water partition coefficient (Wildman–Crippen LogP) is 4.10. The lowest BCUT2D eigenvalue weighted by atomic mass is 9.76. The van der Waals surface area contributed by atoms with Gasteiger partial charge in [0, 0.05) is 11.0 Å². The number of benzene rings is 2. The van der Waals surface area contributed by atoms with Gasteiger partial charge in [0.2, 0.25) is 0 Å². The Kier molecular flexibility index (Phi) is 4.46. The van der Waals surface area contributed by atoms with Gasteiger partial charge in [0.05, 0.1) is 12.7 Å². The summed E-state index contributed by atoms with van der Waals surface area (Å²) in [7, 11) is 0. The highest BCUT2D eigenvalue weighted by molar-refractivity contribution is 5.39. The lowest BCUT2D eigenvalue weighted by Crippen LogP contribution is -2.27. The van der Waals surface area contributed by atoms with Crippen molar-refractivity contribution in [2.45, 2.75) is 32.3 Å². The standard InChI is InChI=1S/C18H22O2/c1-4-20-16-13-9-8-12-15(16)17(19)18(2,3)14-10-6-5-7-11-14/h5-13,17,19H,4H2,1-3H3. The number of rotatable bonds is 5. The predicted molar refractivity (Wildman–Crippen MR) is 82.0 cm³/mol. The second-order valence-electron chi connectivity index (χ2n) is 5.46. The molecule has 2 rings (SSSR count). The molecule has 2 aromatic rings. The molecule has 106 valence electrons. The summed E-state index contributed by atoms with van der Waals surface area (Å²) in [6, 6.07) is 17.8. The van der Waals surface area contributed by atoms with Crippen LogP contribution in [0.15, 0.2) is 54.6 Å². The second-order valence-corrected chi connectivity index (χ2v) is 5.46. The van der Waals surface area contributed by atoms with Crippen LogP contribution in [0, 0.1) is 0 Å². The summed E-state index contributed by atoms with van der Waals surface area (Å²) < 4.78 is 5.63. The summed E-state index contributed by atoms with van der Waals surface area (Å²) in [5, 5.41) is 10.8. The molecular weight excluding hydrogens is 248 g/mol. The van der Waals surface area contributed by atoms with Gasteiger partial charge < -0.3 is 9.84 Å². The van der Waals surface area contributed by atoms with Crippen LogP contribution in [0.25, 0.3) is 0 Å². The van der Waals surface area contributed by atoms with E-state index in [0.717, 1.165) is 16.9 Å². The molecule has 0 heterocycles. The Morgan fingerprint density at radius 2 is 1.60 bits per heavy atom. The Morgan fingerprint density at radius 3 is 2.25 bits per heavy atom. The Morgan fingerprint density at radius 1 is 1.00 bits per heavy atom. The number of aliphatic hydroxyl groups excluding tert-OH is 1. The molecule has 0 amide bonds. The topological polar surface area (TPSA) is 29.5 Å². The van der Waals surface area contributed by atoms with Crippen molar-refractivity contribution in [3.05, 3.63) is 65.7 Å². The Hall–Kier alpha value is -1.80. The van der Waals surface area contributed by atoms with Crippen LogP contribution in [0.4, 0.5) is 0 Å². The minimum absolute atomic E-state index is 0.380. The molecule has 1 unspecified atom stereocenters. The van der Waals surface area contributed by atoms with Gasteiger partial charge in [-0.2, -0.15) is 0 Å². The highest BCUT2D eigenvalue weighted by Gasteiger charge is 2.32. The first-order valence-corrected chi connectivity index (χ1v) is 7.02. The minimum atomic E-state index is -0.618. The van der Waals surface area contributed by atoms with Gasteiger partial charge in [0.25, 0.3) is 0 Å². The van der Waals surface area contributed by atoms with Crippen LogP contribution in [0.5, 0.6) is 5.75 Å². The monoisotopic (exact) mass is 270 g/mol. The number of aliphatic hydroxyl groups is 1. The maximum Gasteiger partial charge on any atom is 0.125 e. The van der Waals surface area contributed by atoms with Crippen LogP contribution in [0.1, 0.15) is 38.0 Å². The number of hydrogen-bond donors (Lipinski definition) is 1. The third-order valence-electron chi connectivity index (χ3n) is 3.71. The van der Waals surface area contributed by atoms with Crippen LogP contribution < -0.4 is 4.74 Å². The molecule has 0 aliphatic rings. The molecule has 1 atom stereocenters. The zero-order valence-corrected chi connectivity index (χ0v) is 12.3. The van der Waals surface area contributed by atoms with Gasteiger partial charge >= 0.3 is 0 Å². The van der Waals surface area contributed by atoms with Gasteiger partial charge in [-0.3, -0.25) is 0 Å². The molecule has 0 bridgehead atoms. The molecular formula is C18H22O2. The van der Waals surface area contributed by atoms with Crippen molar-refractivity contribution in [2.24, 2.45) is 0 Å². The highest BCUT2D eigenvalue weighted by atomic mass is 16.5. The molecule has 1 N–H and O–H groups in total. The fraction of sp³-hybridized carbons (Fsp3) is 0.333. The maximum absolute atomic E-state index is 10.8. The average molecular weight is 270 g/mol. The normalized spacial score (nSPS) is 13.0. The Labute approximate surface area is 121 Å². The molecule has 2 nitrogen and oxygen atoms in total. The largest absolute Gasteiger partial charge is 0.493 e. The van der Waals surface area contributed by atoms with Crippen LogP contribution in [0.3, 0.4) is 0 Å². The zero-order chi connectivity index (χ0) is 14.6. The molecule has 2 aromatic carbocycles. The van der Waals surface area contributed by atoms with Crippen LogP contribution in [-0.2, 0) is 5.41 Å². The third kappa shape index (κ3) is 2.86. The minimum Gasteiger partial charge on any atom is -0.493 e. The first-order valence-electron chi connectivity index (χ1n) is 7.02. The number of hydrogen-bond acceptors (Lipinski definition) is 2. The lowest BCUT2D eigenvalue weighted by molar-refractivity contribution is 0.0967. The molecule has 0 spiro atoms. The van der Waals surface area contributed by atoms with Gasteiger partial charge in [-0.05, 0) is 18.6 Å². The summed E-state index contributed by atoms with van der Waals surface area (Å²) >= 11 is 0. The maximum atomic E-state index is 10.8. The van der Waals surface area contributed by atoms with Gasteiger partial charge in [-0.15, -0.1) is 0 Å². The molecule has 0 saturated heterocycles. The van der Waals surface area contributed by atoms with Crippen molar-refractivity contribution in [3.8, 4) is 5.75 Å². The van der Waals surface area contributed by atoms with E-state index < -0.39 is 6.10 Å². The highest BCUT2D eigenvalue weighted by Crippen LogP contribution is 2.40. The van der Waals surface area contributed by atoms with E-state index >= 15 is 0 Å². The van der Waals surface area contributed by atoms with Gasteiger partial charge in [-0.1, -0.05) is 62.4 Å². The van der Waals surface area contributed by atoms with Crippen molar-refractivity contribution in [1.29, 1.82) is 0 Å². The molecule has 0 aliphatic carbocycles. The summed E-state index contributed by atoms with van der Waals surface area (Å²) in [6.07, 6.45) is -0.618. The van der Waals surface area contributed by atoms with Crippen LogP contribution >= 0.6 is 0 Å². The average Bonchev–Trinajstić information content (AvgIpc) is 2.48. The van der Waals surface area contributed by atoms with Gasteiger partial charge in [0.15, 0.2) is 0 Å². The Balaban J connectivity index is 2.38. The fourth-order valence-electron chi connectivity index (χ4n) is 2.41. The first-order chi connectivity index (χ1) is 9.57. The molecule has 0 fully saturated rings. The van der Waals surface area contributed by atoms with E-state index in [1.54, 1.807) is 0 Å². The van der Waals surface area contributed by atoms with Crippen LogP contribution in [0.2, 0.25) is 0 Å². The van der Waals surface area contributed by atoms with Crippen molar-refractivity contribution < 1.29 is 9.84 Å². The third-order valence-corrected chi connectivity index (χ3v) is 3.71. The van der Waals surface area contributed by atoms with E-state index in [1.165, 1.54) is 0 Å². The second kappa shape index (κ2) is 6.10. The molecule has 0 radical (unpaired) electrons. The molecule has 20 heavy (non-hydrogen) atoms. The van der Waals surface area contributed by atoms with Crippen molar-refractivity contribution in [2.75, 3.05) is 6.61 Å². The molecule has 2 heteroatoms. The van der Waals surface area contributed by atoms with Crippen molar-refractivity contribution in [3.63, 3.8) is 0 Å². The Bertz CT molecular complexity index is 546. The molecule has 0 aromatic heterocycles. The first kappa shape index (κ1) is 14.6. The van der Waals surface area contributed by atoms with Gasteiger partial charge in [-0.25, -0.2) is 0 Å².